The van der Waals surface area contributed by atoms with E-state index < -0.39 is 0 Å². The van der Waals surface area contributed by atoms with Crippen molar-refractivity contribution in [2.45, 2.75) is 26.8 Å². The number of aromatic nitrogens is 2. The molecule has 6 nitrogen and oxygen atoms in total. The standard InChI is InChI=1S/C28H27N3O3/c1-4-33-23-16-15-20(17-24(23)34-5-2)26-25(27(32)19-11-7-6-8-12-19)18(3)29-28-30-21-13-9-10-14-22(21)31(26)28/h6-17,26H,4-5H2,1-3H3,(H,29,30)/t26-/m0/s1. The molecule has 0 fully saturated rings. The van der Waals surface area contributed by atoms with Crippen LogP contribution in [-0.4, -0.2) is 28.5 Å². The molecular weight excluding hydrogens is 426 g/mol. The topological polar surface area (TPSA) is 65.4 Å². The van der Waals surface area contributed by atoms with Crippen molar-refractivity contribution in [3.05, 3.63) is 95.2 Å². The maximum atomic E-state index is 13.9. The number of carbonyl (C=O) groups is 1. The lowest BCUT2D eigenvalue weighted by Crippen LogP contribution is -2.28. The van der Waals surface area contributed by atoms with E-state index in [1.165, 1.54) is 0 Å². The third-order valence-electron chi connectivity index (χ3n) is 5.99. The van der Waals surface area contributed by atoms with Crippen LogP contribution < -0.4 is 14.8 Å². The summed E-state index contributed by atoms with van der Waals surface area (Å²) in [6, 6.07) is 22.9. The van der Waals surface area contributed by atoms with Crippen molar-refractivity contribution in [2.75, 3.05) is 18.5 Å². The monoisotopic (exact) mass is 453 g/mol. The number of hydrogen-bond donors (Lipinski definition) is 1. The summed E-state index contributed by atoms with van der Waals surface area (Å²) in [5.74, 6) is 2.04. The summed E-state index contributed by atoms with van der Waals surface area (Å²) in [4.78, 5) is 18.7. The largest absolute Gasteiger partial charge is 0.490 e. The first-order valence-corrected chi connectivity index (χ1v) is 11.6. The highest BCUT2D eigenvalue weighted by Gasteiger charge is 2.34. The van der Waals surface area contributed by atoms with Gasteiger partial charge >= 0.3 is 0 Å². The maximum absolute atomic E-state index is 13.9. The molecule has 1 aliphatic rings. The molecular formula is C28H27N3O3. The van der Waals surface area contributed by atoms with Crippen LogP contribution in [0.25, 0.3) is 11.0 Å². The predicted octanol–water partition coefficient (Wildman–Crippen LogP) is 6.01. The summed E-state index contributed by atoms with van der Waals surface area (Å²) in [6.45, 7) is 6.88. The fourth-order valence-corrected chi connectivity index (χ4v) is 4.56. The lowest BCUT2D eigenvalue weighted by atomic mass is 9.89. The van der Waals surface area contributed by atoms with E-state index in [1.54, 1.807) is 0 Å². The Morgan fingerprint density at radius 2 is 1.65 bits per heavy atom. The Balaban J connectivity index is 1.74. The van der Waals surface area contributed by atoms with Gasteiger partial charge in [-0.05, 0) is 50.6 Å². The van der Waals surface area contributed by atoms with Gasteiger partial charge in [0.2, 0.25) is 5.95 Å². The summed E-state index contributed by atoms with van der Waals surface area (Å²) in [6.07, 6.45) is 0. The molecule has 5 rings (SSSR count). The number of allylic oxidation sites excluding steroid dienone is 2. The summed E-state index contributed by atoms with van der Waals surface area (Å²) in [5.41, 5.74) is 4.85. The quantitative estimate of drug-likeness (QED) is 0.347. The number of carbonyl (C=O) groups excluding carboxylic acids is 1. The highest BCUT2D eigenvalue weighted by atomic mass is 16.5. The number of Topliss-reactive ketones (excluding diaryl/α,β-unsaturated/α-hetero) is 1. The molecule has 172 valence electrons. The van der Waals surface area contributed by atoms with Crippen LogP contribution in [0.15, 0.2) is 84.1 Å². The smallest absolute Gasteiger partial charge is 0.209 e. The number of ketones is 1. The van der Waals surface area contributed by atoms with Crippen molar-refractivity contribution in [3.63, 3.8) is 0 Å². The van der Waals surface area contributed by atoms with E-state index in [4.69, 9.17) is 14.5 Å². The van der Waals surface area contributed by atoms with E-state index in [1.807, 2.05) is 93.6 Å². The second kappa shape index (κ2) is 9.06. The SMILES string of the molecule is CCOc1ccc([C@H]2C(C(=O)c3ccccc3)=C(C)Nc3nc4ccccc4n32)cc1OCC. The van der Waals surface area contributed by atoms with Gasteiger partial charge < -0.3 is 14.8 Å². The molecule has 6 heteroatoms. The van der Waals surface area contributed by atoms with Crippen LogP contribution in [0, 0.1) is 0 Å². The first-order valence-electron chi connectivity index (χ1n) is 11.6. The molecule has 0 unspecified atom stereocenters. The van der Waals surface area contributed by atoms with Gasteiger partial charge in [-0.15, -0.1) is 0 Å². The third kappa shape index (κ3) is 3.71. The van der Waals surface area contributed by atoms with Crippen molar-refractivity contribution < 1.29 is 14.3 Å². The number of anilines is 1. The first-order chi connectivity index (χ1) is 16.6. The molecule has 0 aliphatic carbocycles. The van der Waals surface area contributed by atoms with Crippen LogP contribution in [0.2, 0.25) is 0 Å². The number of nitrogens with one attached hydrogen (secondary N) is 1. The van der Waals surface area contributed by atoms with Crippen molar-refractivity contribution in [1.82, 2.24) is 9.55 Å². The molecule has 0 saturated heterocycles. The number of nitrogens with zero attached hydrogens (tertiary/aromatic N) is 2. The summed E-state index contributed by atoms with van der Waals surface area (Å²) in [5, 5.41) is 3.38. The molecule has 2 heterocycles. The van der Waals surface area contributed by atoms with E-state index in [-0.39, 0.29) is 11.8 Å². The van der Waals surface area contributed by atoms with E-state index in [9.17, 15) is 4.79 Å². The van der Waals surface area contributed by atoms with Crippen LogP contribution in [0.4, 0.5) is 5.95 Å². The summed E-state index contributed by atoms with van der Waals surface area (Å²) in [7, 11) is 0. The van der Waals surface area contributed by atoms with Crippen molar-refractivity contribution in [3.8, 4) is 11.5 Å². The lowest BCUT2D eigenvalue weighted by Gasteiger charge is -2.31. The van der Waals surface area contributed by atoms with Crippen LogP contribution >= 0.6 is 0 Å². The minimum absolute atomic E-state index is 0.0223. The minimum Gasteiger partial charge on any atom is -0.490 e. The average Bonchev–Trinajstić information content (AvgIpc) is 3.22. The van der Waals surface area contributed by atoms with Gasteiger partial charge in [0.25, 0.3) is 0 Å². The number of para-hydroxylation sites is 2. The third-order valence-corrected chi connectivity index (χ3v) is 5.99. The zero-order valence-corrected chi connectivity index (χ0v) is 19.5. The fraction of sp³-hybridized carbons (Fsp3) is 0.214. The number of benzene rings is 3. The average molecular weight is 454 g/mol. The van der Waals surface area contributed by atoms with Gasteiger partial charge in [-0.2, -0.15) is 0 Å². The summed E-state index contributed by atoms with van der Waals surface area (Å²) < 4.78 is 13.8. The second-order valence-corrected chi connectivity index (χ2v) is 8.13. The van der Waals surface area contributed by atoms with Gasteiger partial charge in [-0.25, -0.2) is 4.98 Å². The number of fused-ring (bicyclic) bond motifs is 3. The molecule has 1 aromatic heterocycles. The van der Waals surface area contributed by atoms with Gasteiger partial charge in [-0.1, -0.05) is 48.5 Å². The van der Waals surface area contributed by atoms with Crippen molar-refractivity contribution >= 4 is 22.8 Å². The minimum atomic E-state index is -0.383. The van der Waals surface area contributed by atoms with E-state index in [2.05, 4.69) is 9.88 Å². The zero-order chi connectivity index (χ0) is 23.7. The molecule has 0 spiro atoms. The number of ether oxygens (including phenoxy) is 2. The fourth-order valence-electron chi connectivity index (χ4n) is 4.56. The lowest BCUT2D eigenvalue weighted by molar-refractivity contribution is 0.102. The Hall–Kier alpha value is -4.06. The Bertz CT molecular complexity index is 1390. The normalized spacial score (nSPS) is 15.1. The van der Waals surface area contributed by atoms with Gasteiger partial charge in [0, 0.05) is 16.8 Å². The highest BCUT2D eigenvalue weighted by Crippen LogP contribution is 2.42. The number of hydrogen-bond acceptors (Lipinski definition) is 5. The molecule has 0 bridgehead atoms. The molecule has 0 amide bonds. The first kappa shape index (κ1) is 21.8. The molecule has 1 N–H and O–H groups in total. The molecule has 4 aromatic rings. The predicted molar refractivity (Wildman–Crippen MR) is 134 cm³/mol. The molecule has 34 heavy (non-hydrogen) atoms. The molecule has 1 aliphatic heterocycles. The highest BCUT2D eigenvalue weighted by molar-refractivity contribution is 6.11. The molecule has 0 saturated carbocycles. The number of imidazole rings is 1. The number of rotatable bonds is 7. The van der Waals surface area contributed by atoms with Crippen molar-refractivity contribution in [1.29, 1.82) is 0 Å². The van der Waals surface area contributed by atoms with Gasteiger partial charge in [0.1, 0.15) is 0 Å². The van der Waals surface area contributed by atoms with E-state index >= 15 is 0 Å². The molecule has 1 atom stereocenters. The van der Waals surface area contributed by atoms with Crippen LogP contribution in [-0.2, 0) is 0 Å². The van der Waals surface area contributed by atoms with Crippen molar-refractivity contribution in [2.24, 2.45) is 0 Å². The van der Waals surface area contributed by atoms with E-state index in [0.717, 1.165) is 22.3 Å². The zero-order valence-electron chi connectivity index (χ0n) is 19.5. The Kier molecular flexibility index (Phi) is 5.80. The summed E-state index contributed by atoms with van der Waals surface area (Å²) >= 11 is 0. The Morgan fingerprint density at radius 3 is 2.41 bits per heavy atom. The van der Waals surface area contributed by atoms with Gasteiger partial charge in [-0.3, -0.25) is 9.36 Å². The van der Waals surface area contributed by atoms with Gasteiger partial charge in [0.15, 0.2) is 17.3 Å². The Morgan fingerprint density at radius 1 is 0.941 bits per heavy atom. The Labute approximate surface area is 198 Å². The molecule has 3 aromatic carbocycles. The van der Waals surface area contributed by atoms with Crippen LogP contribution in [0.1, 0.15) is 42.7 Å². The van der Waals surface area contributed by atoms with E-state index in [0.29, 0.717) is 41.8 Å². The van der Waals surface area contributed by atoms with Crippen LogP contribution in [0.3, 0.4) is 0 Å². The van der Waals surface area contributed by atoms with Gasteiger partial charge in [0.05, 0.1) is 30.3 Å². The maximum Gasteiger partial charge on any atom is 0.209 e. The molecule has 0 radical (unpaired) electrons. The van der Waals surface area contributed by atoms with Crippen LogP contribution in [0.5, 0.6) is 11.5 Å². The second-order valence-electron chi connectivity index (χ2n) is 8.13.